The van der Waals surface area contributed by atoms with Crippen LogP contribution in [0.1, 0.15) is 46.5 Å². The fourth-order valence-electron chi connectivity index (χ4n) is 2.42. The van der Waals surface area contributed by atoms with Gasteiger partial charge in [0, 0.05) is 17.8 Å². The Morgan fingerprint density at radius 3 is 2.50 bits per heavy atom. The molecule has 1 heterocycles. The fourth-order valence-corrected chi connectivity index (χ4v) is 2.42. The lowest BCUT2D eigenvalue weighted by Crippen LogP contribution is -2.33. The maximum atomic E-state index is 4.19. The summed E-state index contributed by atoms with van der Waals surface area (Å²) >= 11 is 0. The van der Waals surface area contributed by atoms with Crippen molar-refractivity contribution in [3.63, 3.8) is 0 Å². The summed E-state index contributed by atoms with van der Waals surface area (Å²) in [6, 6.07) is 1.19. The minimum atomic E-state index is 0.545. The molecule has 0 spiro atoms. The largest absolute Gasteiger partial charge is 0.366 e. The number of hydrogen-bond donors (Lipinski definition) is 0. The van der Waals surface area contributed by atoms with E-state index in [2.05, 4.69) is 38.8 Å². The highest BCUT2D eigenvalue weighted by Gasteiger charge is 2.30. The first-order valence-corrected chi connectivity index (χ1v) is 5.69. The maximum Gasteiger partial charge on any atom is 0.0497 e. The van der Waals surface area contributed by atoms with Crippen molar-refractivity contribution in [2.75, 3.05) is 0 Å². The molecule has 0 saturated carbocycles. The van der Waals surface area contributed by atoms with E-state index in [9.17, 15) is 0 Å². The molecule has 1 nitrogen and oxygen atoms in total. The molecule has 80 valence electrons. The van der Waals surface area contributed by atoms with Crippen LogP contribution in [0, 0.1) is 0 Å². The van der Waals surface area contributed by atoms with Crippen LogP contribution in [0.4, 0.5) is 0 Å². The molecule has 1 rings (SSSR count). The van der Waals surface area contributed by atoms with E-state index >= 15 is 0 Å². The second-order valence-electron chi connectivity index (χ2n) is 4.51. The van der Waals surface area contributed by atoms with Gasteiger partial charge in [-0.25, -0.2) is 0 Å². The highest BCUT2D eigenvalue weighted by atomic mass is 15.2. The van der Waals surface area contributed by atoms with Crippen molar-refractivity contribution >= 4 is 0 Å². The molecule has 0 aliphatic carbocycles. The summed E-state index contributed by atoms with van der Waals surface area (Å²) in [5.41, 5.74) is 2.58. The number of rotatable bonds is 4. The third kappa shape index (κ3) is 2.20. The first-order valence-electron chi connectivity index (χ1n) is 5.69. The van der Waals surface area contributed by atoms with E-state index in [0.29, 0.717) is 12.1 Å². The summed E-state index contributed by atoms with van der Waals surface area (Å²) in [4.78, 5) is 2.48. The number of nitrogens with zero attached hydrogens (tertiary/aromatic N) is 1. The van der Waals surface area contributed by atoms with E-state index < -0.39 is 0 Å². The summed E-state index contributed by atoms with van der Waals surface area (Å²) in [7, 11) is 0. The normalized spacial score (nSPS) is 26.6. The Hall–Kier alpha value is -0.720. The Morgan fingerprint density at radius 2 is 2.00 bits per heavy atom. The summed E-state index contributed by atoms with van der Waals surface area (Å²) in [6.07, 6.45) is 4.83. The number of likely N-dealkylation sites (tertiary alicyclic amines) is 1. The van der Waals surface area contributed by atoms with Crippen LogP contribution in [0.15, 0.2) is 24.4 Å². The summed E-state index contributed by atoms with van der Waals surface area (Å²) in [5, 5.41) is 0. The molecule has 0 amide bonds. The van der Waals surface area contributed by atoms with E-state index in [0.717, 1.165) is 6.42 Å². The highest BCUT2D eigenvalue weighted by Crippen LogP contribution is 2.32. The van der Waals surface area contributed by atoms with Crippen LogP contribution < -0.4 is 0 Å². The molecule has 1 aliphatic heterocycles. The number of allylic oxidation sites excluding steroid dienone is 1. The van der Waals surface area contributed by atoms with Gasteiger partial charge in [0.25, 0.3) is 0 Å². The molecule has 0 aromatic heterocycles. The van der Waals surface area contributed by atoms with Crippen molar-refractivity contribution in [3.8, 4) is 0 Å². The molecule has 1 aliphatic rings. The van der Waals surface area contributed by atoms with E-state index in [4.69, 9.17) is 0 Å². The molecule has 0 bridgehead atoms. The van der Waals surface area contributed by atoms with Gasteiger partial charge in [0.05, 0.1) is 0 Å². The second-order valence-corrected chi connectivity index (χ2v) is 4.51. The maximum absolute atomic E-state index is 4.19. The lowest BCUT2D eigenvalue weighted by molar-refractivity contribution is 0.279. The zero-order valence-corrected chi connectivity index (χ0v) is 9.84. The quantitative estimate of drug-likeness (QED) is 0.615. The second kappa shape index (κ2) is 4.68. The average molecular weight is 193 g/mol. The molecule has 1 heteroatoms. The molecule has 2 unspecified atom stereocenters. The molecular weight excluding hydrogens is 170 g/mol. The van der Waals surface area contributed by atoms with Crippen LogP contribution in [-0.2, 0) is 0 Å². The molecule has 0 N–H and O–H groups in total. The predicted octanol–water partition coefficient (Wildman–Crippen LogP) is 3.73. The van der Waals surface area contributed by atoms with Crippen molar-refractivity contribution in [1.29, 1.82) is 0 Å². The third-order valence-electron chi connectivity index (χ3n) is 3.14. The zero-order valence-electron chi connectivity index (χ0n) is 9.84. The molecule has 0 radical (unpaired) electrons. The standard InChI is InChI=1S/C13H23N/c1-6-7-11(4)14-12(5)8-9-13(14)10(2)3/h12-13H,2,4,6-9H2,1,3,5H3. The van der Waals surface area contributed by atoms with Crippen LogP contribution in [0.5, 0.6) is 0 Å². The van der Waals surface area contributed by atoms with Gasteiger partial charge in [0.15, 0.2) is 0 Å². The van der Waals surface area contributed by atoms with Gasteiger partial charge in [-0.3, -0.25) is 0 Å². The Labute approximate surface area is 88.5 Å². The fraction of sp³-hybridized carbons (Fsp3) is 0.692. The molecule has 14 heavy (non-hydrogen) atoms. The molecule has 2 atom stereocenters. The first kappa shape index (κ1) is 11.4. The first-order chi connectivity index (χ1) is 6.57. The molecule has 1 saturated heterocycles. The van der Waals surface area contributed by atoms with Gasteiger partial charge in [0.1, 0.15) is 0 Å². The van der Waals surface area contributed by atoms with Gasteiger partial charge in [-0.15, -0.1) is 0 Å². The molecule has 1 fully saturated rings. The molecule has 0 aromatic carbocycles. The van der Waals surface area contributed by atoms with E-state index in [1.54, 1.807) is 0 Å². The van der Waals surface area contributed by atoms with Crippen molar-refractivity contribution < 1.29 is 0 Å². The molecular formula is C13H23N. The lowest BCUT2D eigenvalue weighted by Gasteiger charge is -2.32. The summed E-state index contributed by atoms with van der Waals surface area (Å²) < 4.78 is 0. The van der Waals surface area contributed by atoms with Crippen molar-refractivity contribution in [1.82, 2.24) is 4.90 Å². The van der Waals surface area contributed by atoms with E-state index in [1.807, 2.05) is 0 Å². The van der Waals surface area contributed by atoms with Gasteiger partial charge >= 0.3 is 0 Å². The van der Waals surface area contributed by atoms with Gasteiger partial charge in [-0.05, 0) is 33.1 Å². The van der Waals surface area contributed by atoms with Crippen LogP contribution in [0.2, 0.25) is 0 Å². The van der Waals surface area contributed by atoms with Gasteiger partial charge in [-0.1, -0.05) is 32.1 Å². The minimum Gasteiger partial charge on any atom is -0.366 e. The third-order valence-corrected chi connectivity index (χ3v) is 3.14. The summed E-state index contributed by atoms with van der Waals surface area (Å²) in [6.45, 7) is 14.9. The number of hydrogen-bond acceptors (Lipinski definition) is 1. The van der Waals surface area contributed by atoms with E-state index in [-0.39, 0.29) is 0 Å². The highest BCUT2D eigenvalue weighted by molar-refractivity contribution is 5.13. The Bertz CT molecular complexity index is 229. The van der Waals surface area contributed by atoms with Crippen molar-refractivity contribution in [3.05, 3.63) is 24.4 Å². The van der Waals surface area contributed by atoms with E-state index in [1.165, 1.54) is 30.5 Å². The smallest absolute Gasteiger partial charge is 0.0497 e. The van der Waals surface area contributed by atoms with Crippen LogP contribution in [0.3, 0.4) is 0 Å². The topological polar surface area (TPSA) is 3.24 Å². The summed E-state index contributed by atoms with van der Waals surface area (Å²) in [5.74, 6) is 0. The van der Waals surface area contributed by atoms with Crippen LogP contribution in [0.25, 0.3) is 0 Å². The van der Waals surface area contributed by atoms with Crippen molar-refractivity contribution in [2.45, 2.75) is 58.5 Å². The lowest BCUT2D eigenvalue weighted by atomic mass is 10.1. The Balaban J connectivity index is 2.71. The minimum absolute atomic E-state index is 0.545. The Morgan fingerprint density at radius 1 is 1.36 bits per heavy atom. The average Bonchev–Trinajstić information content (AvgIpc) is 2.47. The van der Waals surface area contributed by atoms with Gasteiger partial charge in [0.2, 0.25) is 0 Å². The Kier molecular flexibility index (Phi) is 3.79. The molecule has 0 aromatic rings. The monoisotopic (exact) mass is 193 g/mol. The van der Waals surface area contributed by atoms with Crippen LogP contribution in [-0.4, -0.2) is 17.0 Å². The predicted molar refractivity (Wildman–Crippen MR) is 63.2 cm³/mol. The van der Waals surface area contributed by atoms with Crippen LogP contribution >= 0.6 is 0 Å². The SMILES string of the molecule is C=C(C)C1CCC(C)N1C(=C)CCC. The van der Waals surface area contributed by atoms with Crippen molar-refractivity contribution in [2.24, 2.45) is 0 Å². The van der Waals surface area contributed by atoms with Gasteiger partial charge in [-0.2, -0.15) is 0 Å². The van der Waals surface area contributed by atoms with Gasteiger partial charge < -0.3 is 4.90 Å². The zero-order chi connectivity index (χ0) is 10.7.